The van der Waals surface area contributed by atoms with Crippen LogP contribution >= 0.6 is 11.6 Å². The molecule has 0 atom stereocenters. The number of benzene rings is 2. The van der Waals surface area contributed by atoms with E-state index in [2.05, 4.69) is 5.32 Å². The molecule has 0 radical (unpaired) electrons. The predicted molar refractivity (Wildman–Crippen MR) is 128 cm³/mol. The Hall–Kier alpha value is -3.32. The van der Waals surface area contributed by atoms with Crippen LogP contribution in [0.25, 0.3) is 5.69 Å². The molecule has 1 aliphatic heterocycles. The van der Waals surface area contributed by atoms with Crippen molar-refractivity contribution in [1.29, 1.82) is 0 Å². The minimum atomic E-state index is -0.166. The highest BCUT2D eigenvalue weighted by atomic mass is 35.5. The number of nitrogens with one attached hydrogen (secondary N) is 1. The Morgan fingerprint density at radius 1 is 0.848 bits per heavy atom. The molecule has 1 N–H and O–H groups in total. The predicted octanol–water partition coefficient (Wildman–Crippen LogP) is 4.39. The number of nitrogens with zero attached hydrogens (tertiary/aromatic N) is 4. The molecule has 3 amide bonds. The van der Waals surface area contributed by atoms with Crippen LogP contribution in [0.15, 0.2) is 54.6 Å². The van der Waals surface area contributed by atoms with Gasteiger partial charge in [0, 0.05) is 48.1 Å². The van der Waals surface area contributed by atoms with E-state index in [1.807, 2.05) is 39.9 Å². The molecule has 7 nitrogen and oxygen atoms in total. The fourth-order valence-electron chi connectivity index (χ4n) is 4.60. The zero-order valence-corrected chi connectivity index (χ0v) is 19.1. The van der Waals surface area contributed by atoms with Crippen molar-refractivity contribution in [3.8, 4) is 5.69 Å². The van der Waals surface area contributed by atoms with Crippen LogP contribution in [0.4, 0.5) is 10.5 Å². The second-order valence-electron chi connectivity index (χ2n) is 8.44. The third kappa shape index (κ3) is 4.46. The van der Waals surface area contributed by atoms with E-state index in [4.69, 9.17) is 16.7 Å². The summed E-state index contributed by atoms with van der Waals surface area (Å²) in [6.07, 6.45) is 3.58. The van der Waals surface area contributed by atoms with Gasteiger partial charge in [0.1, 0.15) is 0 Å². The van der Waals surface area contributed by atoms with Gasteiger partial charge in [-0.05, 0) is 62.1 Å². The number of urea groups is 1. The second-order valence-corrected chi connectivity index (χ2v) is 8.88. The van der Waals surface area contributed by atoms with Gasteiger partial charge in [-0.1, -0.05) is 29.8 Å². The second kappa shape index (κ2) is 9.27. The van der Waals surface area contributed by atoms with Gasteiger partial charge in [-0.15, -0.1) is 0 Å². The van der Waals surface area contributed by atoms with Crippen molar-refractivity contribution < 1.29 is 9.59 Å². The van der Waals surface area contributed by atoms with Crippen LogP contribution < -0.4 is 5.32 Å². The fraction of sp³-hybridized carbons (Fsp3) is 0.320. The number of aromatic nitrogens is 2. The minimum Gasteiger partial charge on any atom is -0.335 e. The zero-order valence-electron chi connectivity index (χ0n) is 18.3. The van der Waals surface area contributed by atoms with Gasteiger partial charge in [0.15, 0.2) is 5.69 Å². The highest BCUT2D eigenvalue weighted by molar-refractivity contribution is 6.30. The first-order valence-electron chi connectivity index (χ1n) is 11.4. The number of hydrogen-bond acceptors (Lipinski definition) is 3. The van der Waals surface area contributed by atoms with Gasteiger partial charge in [0.25, 0.3) is 5.91 Å². The number of fused-ring (bicyclic) bond motifs is 1. The highest BCUT2D eigenvalue weighted by Crippen LogP contribution is 2.29. The number of para-hydroxylation sites is 1. The van der Waals surface area contributed by atoms with Crippen molar-refractivity contribution in [2.24, 2.45) is 0 Å². The van der Waals surface area contributed by atoms with Gasteiger partial charge >= 0.3 is 6.03 Å². The molecule has 2 heterocycles. The van der Waals surface area contributed by atoms with Crippen molar-refractivity contribution in [3.63, 3.8) is 0 Å². The first-order chi connectivity index (χ1) is 16.1. The molecule has 1 aromatic heterocycles. The first kappa shape index (κ1) is 21.5. The van der Waals surface area contributed by atoms with Crippen molar-refractivity contribution in [2.75, 3.05) is 31.5 Å². The summed E-state index contributed by atoms with van der Waals surface area (Å²) in [4.78, 5) is 29.8. The first-order valence-corrected chi connectivity index (χ1v) is 11.7. The van der Waals surface area contributed by atoms with Crippen molar-refractivity contribution in [3.05, 3.63) is 76.6 Å². The Bertz CT molecular complexity index is 1160. The fourth-order valence-corrected chi connectivity index (χ4v) is 4.73. The number of carbonyl (C=O) groups excluding carboxylic acids is 2. The quantitative estimate of drug-likeness (QED) is 0.626. The molecule has 5 rings (SSSR count). The van der Waals surface area contributed by atoms with Crippen LogP contribution in [0, 0.1) is 0 Å². The third-order valence-electron chi connectivity index (χ3n) is 6.30. The van der Waals surface area contributed by atoms with Crippen molar-refractivity contribution >= 4 is 29.2 Å². The molecular formula is C25H26ClN5O2. The molecule has 0 spiro atoms. The van der Waals surface area contributed by atoms with Gasteiger partial charge < -0.3 is 15.1 Å². The molecule has 0 bridgehead atoms. The summed E-state index contributed by atoms with van der Waals surface area (Å²) in [6.45, 7) is 2.17. The van der Waals surface area contributed by atoms with Crippen LogP contribution in [-0.4, -0.2) is 57.7 Å². The van der Waals surface area contributed by atoms with E-state index < -0.39 is 0 Å². The van der Waals surface area contributed by atoms with E-state index in [0.29, 0.717) is 42.6 Å². The van der Waals surface area contributed by atoms with Crippen LogP contribution in [0.3, 0.4) is 0 Å². The molecule has 1 aliphatic carbocycles. The minimum absolute atomic E-state index is 0.0391. The molecule has 1 saturated heterocycles. The van der Waals surface area contributed by atoms with Gasteiger partial charge in [0.05, 0.1) is 5.69 Å². The Morgan fingerprint density at radius 2 is 1.58 bits per heavy atom. The van der Waals surface area contributed by atoms with E-state index in [0.717, 1.165) is 42.6 Å². The van der Waals surface area contributed by atoms with Crippen LogP contribution in [0.5, 0.6) is 0 Å². The van der Waals surface area contributed by atoms with Crippen LogP contribution in [0.1, 0.15) is 34.6 Å². The normalized spacial score (nSPS) is 15.8. The average molecular weight is 464 g/mol. The lowest BCUT2D eigenvalue weighted by atomic mass is 10.2. The summed E-state index contributed by atoms with van der Waals surface area (Å²) in [5.74, 6) is -0.0391. The van der Waals surface area contributed by atoms with E-state index in [9.17, 15) is 9.59 Å². The summed E-state index contributed by atoms with van der Waals surface area (Å²) in [7, 11) is 0. The zero-order chi connectivity index (χ0) is 22.8. The maximum atomic E-state index is 13.5. The van der Waals surface area contributed by atoms with Gasteiger partial charge in [-0.2, -0.15) is 5.10 Å². The molecule has 170 valence electrons. The van der Waals surface area contributed by atoms with E-state index >= 15 is 0 Å². The summed E-state index contributed by atoms with van der Waals surface area (Å²) in [5.41, 5.74) is 4.46. The molecule has 0 saturated carbocycles. The summed E-state index contributed by atoms with van der Waals surface area (Å²) < 4.78 is 1.93. The van der Waals surface area contributed by atoms with Gasteiger partial charge in [-0.25, -0.2) is 9.48 Å². The molecule has 0 unspecified atom stereocenters. The maximum absolute atomic E-state index is 13.5. The van der Waals surface area contributed by atoms with Gasteiger partial charge in [0.2, 0.25) is 0 Å². The standard InChI is InChI=1S/C25H26ClN5O2/c26-18-10-12-19(13-11-18)27-25(33)30-15-5-14-29(16-17-30)24(32)23-21-8-4-9-22(21)31(28-23)20-6-2-1-3-7-20/h1-3,6-7,10-13H,4-5,8-9,14-17H2,(H,27,33). The number of halogens is 1. The van der Waals surface area contributed by atoms with Crippen molar-refractivity contribution in [1.82, 2.24) is 19.6 Å². The molecular weight excluding hydrogens is 438 g/mol. The molecule has 8 heteroatoms. The Balaban J connectivity index is 1.29. The summed E-state index contributed by atoms with van der Waals surface area (Å²) in [5, 5.41) is 8.28. The topological polar surface area (TPSA) is 70.5 Å². The van der Waals surface area contributed by atoms with Crippen LogP contribution in [-0.2, 0) is 12.8 Å². The maximum Gasteiger partial charge on any atom is 0.321 e. The van der Waals surface area contributed by atoms with E-state index in [-0.39, 0.29) is 11.9 Å². The molecule has 3 aromatic rings. The third-order valence-corrected chi connectivity index (χ3v) is 6.55. The van der Waals surface area contributed by atoms with Gasteiger partial charge in [-0.3, -0.25) is 4.79 Å². The Morgan fingerprint density at radius 3 is 2.36 bits per heavy atom. The number of rotatable bonds is 3. The number of carbonyl (C=O) groups is 2. The lowest BCUT2D eigenvalue weighted by molar-refractivity contribution is 0.0755. The van der Waals surface area contributed by atoms with Crippen molar-refractivity contribution in [2.45, 2.75) is 25.7 Å². The largest absolute Gasteiger partial charge is 0.335 e. The average Bonchev–Trinajstić information content (AvgIpc) is 3.35. The lowest BCUT2D eigenvalue weighted by Gasteiger charge is -2.22. The molecule has 33 heavy (non-hydrogen) atoms. The molecule has 2 aliphatic rings. The van der Waals surface area contributed by atoms with E-state index in [1.165, 1.54) is 0 Å². The van der Waals surface area contributed by atoms with Crippen LogP contribution in [0.2, 0.25) is 5.02 Å². The SMILES string of the molecule is O=C(Nc1ccc(Cl)cc1)N1CCCN(C(=O)c2nn(-c3ccccc3)c3c2CCC3)CC1. The Labute approximate surface area is 197 Å². The molecule has 1 fully saturated rings. The summed E-state index contributed by atoms with van der Waals surface area (Å²) >= 11 is 5.92. The Kier molecular flexibility index (Phi) is 6.05. The number of amides is 3. The summed E-state index contributed by atoms with van der Waals surface area (Å²) in [6, 6.07) is 16.9. The smallest absolute Gasteiger partial charge is 0.321 e. The monoisotopic (exact) mass is 463 g/mol. The number of hydrogen-bond donors (Lipinski definition) is 1. The number of anilines is 1. The highest BCUT2D eigenvalue weighted by Gasteiger charge is 2.31. The van der Waals surface area contributed by atoms with E-state index in [1.54, 1.807) is 29.2 Å². The lowest BCUT2D eigenvalue weighted by Crippen LogP contribution is -2.39. The molecule has 2 aromatic carbocycles.